The van der Waals surface area contributed by atoms with Crippen molar-refractivity contribution in [3.05, 3.63) is 34.6 Å². The van der Waals surface area contributed by atoms with Crippen LogP contribution in [0, 0.1) is 11.7 Å². The summed E-state index contributed by atoms with van der Waals surface area (Å²) >= 11 is 10.7. The van der Waals surface area contributed by atoms with E-state index in [2.05, 4.69) is 4.90 Å². The average Bonchev–Trinajstić information content (AvgIpc) is 2.31. The molecule has 2 nitrogen and oxygen atoms in total. The maximum Gasteiger partial charge on any atom is 0.129 e. The first kappa shape index (κ1) is 15.3. The Labute approximate surface area is 118 Å². The molecular formula is C13H18ClFN2S. The van der Waals surface area contributed by atoms with Crippen molar-refractivity contribution in [2.24, 2.45) is 11.7 Å². The lowest BCUT2D eigenvalue weighted by Gasteiger charge is -2.24. The largest absolute Gasteiger partial charge is 0.393 e. The van der Waals surface area contributed by atoms with Crippen molar-refractivity contribution >= 4 is 28.8 Å². The molecule has 5 heteroatoms. The van der Waals surface area contributed by atoms with Crippen LogP contribution in [0.3, 0.4) is 0 Å². The molecule has 0 aliphatic carbocycles. The summed E-state index contributed by atoms with van der Waals surface area (Å²) in [6.45, 7) is 6.08. The average molecular weight is 289 g/mol. The molecule has 0 aliphatic heterocycles. The van der Waals surface area contributed by atoms with Crippen LogP contribution in [0.1, 0.15) is 19.4 Å². The molecule has 0 heterocycles. The molecule has 0 amide bonds. The highest BCUT2D eigenvalue weighted by Crippen LogP contribution is 2.16. The topological polar surface area (TPSA) is 29.3 Å². The van der Waals surface area contributed by atoms with E-state index >= 15 is 0 Å². The van der Waals surface area contributed by atoms with Crippen LogP contribution in [-0.4, -0.2) is 23.0 Å². The van der Waals surface area contributed by atoms with Crippen LogP contribution >= 0.6 is 23.8 Å². The quantitative estimate of drug-likeness (QED) is 0.815. The number of benzene rings is 1. The fourth-order valence-electron chi connectivity index (χ4n) is 1.67. The van der Waals surface area contributed by atoms with Crippen LogP contribution in [0.2, 0.25) is 5.02 Å². The zero-order valence-electron chi connectivity index (χ0n) is 10.6. The number of hydrogen-bond acceptors (Lipinski definition) is 2. The number of thiocarbonyl (C=S) groups is 1. The Bertz CT molecular complexity index is 425. The van der Waals surface area contributed by atoms with Gasteiger partial charge < -0.3 is 5.73 Å². The minimum atomic E-state index is -0.274. The zero-order valence-corrected chi connectivity index (χ0v) is 12.2. The second-order valence-electron chi connectivity index (χ2n) is 4.37. The second-order valence-corrected chi connectivity index (χ2v) is 5.27. The van der Waals surface area contributed by atoms with E-state index in [1.54, 1.807) is 12.1 Å². The number of rotatable bonds is 6. The third-order valence-corrected chi connectivity index (χ3v) is 3.51. The van der Waals surface area contributed by atoms with E-state index in [-0.39, 0.29) is 11.7 Å². The van der Waals surface area contributed by atoms with Gasteiger partial charge in [-0.05, 0) is 18.7 Å². The van der Waals surface area contributed by atoms with Gasteiger partial charge in [0.1, 0.15) is 5.82 Å². The lowest BCUT2D eigenvalue weighted by atomic mass is 10.1. The van der Waals surface area contributed by atoms with Gasteiger partial charge in [0.15, 0.2) is 0 Å². The maximum absolute atomic E-state index is 13.7. The van der Waals surface area contributed by atoms with Crippen molar-refractivity contribution < 1.29 is 4.39 Å². The molecule has 18 heavy (non-hydrogen) atoms. The third kappa shape index (κ3) is 4.52. The lowest BCUT2D eigenvalue weighted by molar-refractivity contribution is 0.260. The summed E-state index contributed by atoms with van der Waals surface area (Å²) in [5.41, 5.74) is 6.23. The zero-order chi connectivity index (χ0) is 13.7. The van der Waals surface area contributed by atoms with Gasteiger partial charge in [-0.2, -0.15) is 0 Å². The van der Waals surface area contributed by atoms with Gasteiger partial charge in [-0.15, -0.1) is 0 Å². The molecule has 1 unspecified atom stereocenters. The molecule has 0 spiro atoms. The molecular weight excluding hydrogens is 271 g/mol. The summed E-state index contributed by atoms with van der Waals surface area (Å²) in [6, 6.07) is 4.75. The van der Waals surface area contributed by atoms with Gasteiger partial charge >= 0.3 is 0 Å². The normalized spacial score (nSPS) is 12.7. The summed E-state index contributed by atoms with van der Waals surface area (Å²) in [4.78, 5) is 2.60. The van der Waals surface area contributed by atoms with E-state index in [4.69, 9.17) is 29.6 Å². The van der Waals surface area contributed by atoms with Crippen molar-refractivity contribution in [1.82, 2.24) is 4.90 Å². The summed E-state index contributed by atoms with van der Waals surface area (Å²) < 4.78 is 13.7. The molecule has 0 saturated heterocycles. The van der Waals surface area contributed by atoms with Gasteiger partial charge in [-0.25, -0.2) is 4.39 Å². The highest BCUT2D eigenvalue weighted by molar-refractivity contribution is 7.80. The van der Waals surface area contributed by atoms with Crippen LogP contribution < -0.4 is 5.73 Å². The van der Waals surface area contributed by atoms with Gasteiger partial charge in [0.05, 0.1) is 4.99 Å². The first-order valence-electron chi connectivity index (χ1n) is 5.89. The Kier molecular flexibility index (Phi) is 5.99. The first-order chi connectivity index (χ1) is 8.43. The lowest BCUT2D eigenvalue weighted by Crippen LogP contribution is -2.33. The molecule has 0 aromatic heterocycles. The van der Waals surface area contributed by atoms with Crippen LogP contribution in [0.5, 0.6) is 0 Å². The highest BCUT2D eigenvalue weighted by Gasteiger charge is 2.13. The molecule has 0 saturated carbocycles. The Hall–Kier alpha value is -0.710. The van der Waals surface area contributed by atoms with E-state index in [1.165, 1.54) is 6.07 Å². The van der Waals surface area contributed by atoms with Gasteiger partial charge in [-0.1, -0.05) is 43.7 Å². The summed E-state index contributed by atoms with van der Waals surface area (Å²) in [5.74, 6) is -0.153. The molecule has 100 valence electrons. The van der Waals surface area contributed by atoms with Crippen molar-refractivity contribution in [3.63, 3.8) is 0 Å². The molecule has 1 aromatic rings. The van der Waals surface area contributed by atoms with Gasteiger partial charge in [0.2, 0.25) is 0 Å². The minimum Gasteiger partial charge on any atom is -0.393 e. The molecule has 0 radical (unpaired) electrons. The highest BCUT2D eigenvalue weighted by atomic mass is 35.5. The summed E-state index contributed by atoms with van der Waals surface area (Å²) in [7, 11) is 0. The van der Waals surface area contributed by atoms with Gasteiger partial charge in [-0.3, -0.25) is 4.90 Å². The molecule has 0 fully saturated rings. The Morgan fingerprint density at radius 1 is 1.56 bits per heavy atom. The molecule has 1 aromatic carbocycles. The fourth-order valence-corrected chi connectivity index (χ4v) is 1.91. The van der Waals surface area contributed by atoms with Crippen LogP contribution in [-0.2, 0) is 6.54 Å². The standard InChI is InChI=1S/C13H18ClFN2S/c1-3-17(7-9(2)13(16)18)8-10-4-5-11(14)6-12(10)15/h4-6,9H,3,7-8H2,1-2H3,(H2,16,18). The molecule has 2 N–H and O–H groups in total. The predicted molar refractivity (Wildman–Crippen MR) is 78.3 cm³/mol. The van der Waals surface area contributed by atoms with E-state index in [0.717, 1.165) is 13.1 Å². The Morgan fingerprint density at radius 3 is 2.72 bits per heavy atom. The van der Waals surface area contributed by atoms with E-state index in [0.29, 0.717) is 22.1 Å². The van der Waals surface area contributed by atoms with E-state index in [9.17, 15) is 4.39 Å². The third-order valence-electron chi connectivity index (χ3n) is 2.87. The SMILES string of the molecule is CCN(Cc1ccc(Cl)cc1F)CC(C)C(N)=S. The first-order valence-corrected chi connectivity index (χ1v) is 6.68. The monoisotopic (exact) mass is 288 g/mol. The number of hydrogen-bond donors (Lipinski definition) is 1. The van der Waals surface area contributed by atoms with Crippen LogP contribution in [0.25, 0.3) is 0 Å². The fraction of sp³-hybridized carbons (Fsp3) is 0.462. The predicted octanol–water partition coefficient (Wildman–Crippen LogP) is 3.22. The molecule has 0 bridgehead atoms. The number of nitrogens with zero attached hydrogens (tertiary/aromatic N) is 1. The van der Waals surface area contributed by atoms with Crippen molar-refractivity contribution in [2.45, 2.75) is 20.4 Å². The van der Waals surface area contributed by atoms with Gasteiger partial charge in [0, 0.05) is 29.6 Å². The molecule has 1 rings (SSSR count). The Morgan fingerprint density at radius 2 is 2.22 bits per heavy atom. The van der Waals surface area contributed by atoms with Crippen LogP contribution in [0.15, 0.2) is 18.2 Å². The molecule has 0 aliphatic rings. The molecule has 1 atom stereocenters. The van der Waals surface area contributed by atoms with E-state index in [1.807, 2.05) is 13.8 Å². The van der Waals surface area contributed by atoms with Crippen molar-refractivity contribution in [2.75, 3.05) is 13.1 Å². The van der Waals surface area contributed by atoms with E-state index < -0.39 is 0 Å². The maximum atomic E-state index is 13.7. The summed E-state index contributed by atoms with van der Waals surface area (Å²) in [5, 5.41) is 0.413. The Balaban J connectivity index is 2.70. The number of halogens is 2. The van der Waals surface area contributed by atoms with Crippen LogP contribution in [0.4, 0.5) is 4.39 Å². The van der Waals surface area contributed by atoms with Crippen molar-refractivity contribution in [1.29, 1.82) is 0 Å². The van der Waals surface area contributed by atoms with Gasteiger partial charge in [0.25, 0.3) is 0 Å². The van der Waals surface area contributed by atoms with Crippen molar-refractivity contribution in [3.8, 4) is 0 Å². The minimum absolute atomic E-state index is 0.121. The number of nitrogens with two attached hydrogens (primary N) is 1. The smallest absolute Gasteiger partial charge is 0.129 e. The second kappa shape index (κ2) is 7.02. The summed E-state index contributed by atoms with van der Waals surface area (Å²) in [6.07, 6.45) is 0.